The predicted molar refractivity (Wildman–Crippen MR) is 100 cm³/mol. The number of nitrogens with one attached hydrogen (secondary N) is 2. The molecule has 0 saturated carbocycles. The van der Waals surface area contributed by atoms with Gasteiger partial charge in [0.1, 0.15) is 0 Å². The molecule has 4 heteroatoms. The summed E-state index contributed by atoms with van der Waals surface area (Å²) in [6, 6.07) is 20.5. The molecule has 128 valence electrons. The number of halogens is 1. The monoisotopic (exact) mass is 344 g/mol. The van der Waals surface area contributed by atoms with Gasteiger partial charge in [0, 0.05) is 0 Å². The van der Waals surface area contributed by atoms with Crippen LogP contribution >= 0.6 is 12.4 Å². The summed E-state index contributed by atoms with van der Waals surface area (Å²) < 4.78 is 0. The molecule has 2 N–H and O–H groups in total. The fourth-order valence-electron chi connectivity index (χ4n) is 3.30. The molecule has 3 nitrogen and oxygen atoms in total. The molecule has 0 bridgehead atoms. The molecule has 2 aromatic carbocycles. The zero-order valence-electron chi connectivity index (χ0n) is 14.0. The molecule has 1 heterocycles. The van der Waals surface area contributed by atoms with E-state index in [1.807, 2.05) is 36.4 Å². The average molecular weight is 345 g/mol. The van der Waals surface area contributed by atoms with Crippen LogP contribution in [0.4, 0.5) is 0 Å². The third-order valence-corrected chi connectivity index (χ3v) is 4.59. The molecule has 1 amide bonds. The molecule has 0 radical (unpaired) electrons. The van der Waals surface area contributed by atoms with Gasteiger partial charge in [-0.15, -0.1) is 12.4 Å². The molecule has 0 aromatic heterocycles. The summed E-state index contributed by atoms with van der Waals surface area (Å²) in [5, 5.41) is 6.58. The van der Waals surface area contributed by atoms with Crippen LogP contribution in [0.3, 0.4) is 0 Å². The Morgan fingerprint density at radius 2 is 1.75 bits per heavy atom. The van der Waals surface area contributed by atoms with Crippen molar-refractivity contribution in [1.82, 2.24) is 10.6 Å². The van der Waals surface area contributed by atoms with Gasteiger partial charge in [-0.05, 0) is 43.9 Å². The van der Waals surface area contributed by atoms with Gasteiger partial charge in [-0.3, -0.25) is 4.79 Å². The van der Waals surface area contributed by atoms with Crippen LogP contribution in [0, 0.1) is 0 Å². The van der Waals surface area contributed by atoms with Crippen LogP contribution in [0.25, 0.3) is 0 Å². The fourth-order valence-corrected chi connectivity index (χ4v) is 3.30. The highest BCUT2D eigenvalue weighted by molar-refractivity contribution is 5.85. The second-order valence-corrected chi connectivity index (χ2v) is 6.50. The van der Waals surface area contributed by atoms with Crippen LogP contribution in [-0.2, 0) is 16.8 Å². The number of amides is 1. The molecule has 1 saturated heterocycles. The predicted octanol–water partition coefficient (Wildman–Crippen LogP) is 3.43. The Balaban J connectivity index is 0.00000208. The Morgan fingerprint density at radius 3 is 2.33 bits per heavy atom. The molecule has 1 aliphatic heterocycles. The number of hydrogen-bond donors (Lipinski definition) is 2. The van der Waals surface area contributed by atoms with E-state index in [1.165, 1.54) is 5.56 Å². The molecular weight excluding hydrogens is 320 g/mol. The molecule has 24 heavy (non-hydrogen) atoms. The second-order valence-electron chi connectivity index (χ2n) is 6.50. The zero-order valence-corrected chi connectivity index (χ0v) is 14.8. The van der Waals surface area contributed by atoms with Gasteiger partial charge in [0.05, 0.1) is 11.6 Å². The number of rotatable bonds is 5. The summed E-state index contributed by atoms with van der Waals surface area (Å²) in [5.74, 6) is 0.102. The molecule has 1 aliphatic rings. The number of hydrogen-bond acceptors (Lipinski definition) is 2. The van der Waals surface area contributed by atoms with Gasteiger partial charge < -0.3 is 10.6 Å². The third-order valence-electron chi connectivity index (χ3n) is 4.59. The first-order chi connectivity index (χ1) is 11.2. The van der Waals surface area contributed by atoms with Crippen molar-refractivity contribution in [2.75, 3.05) is 6.54 Å². The quantitative estimate of drug-likeness (QED) is 0.872. The smallest absolute Gasteiger partial charge is 0.237 e. The summed E-state index contributed by atoms with van der Waals surface area (Å²) in [6.07, 6.45) is 2.76. The Labute approximate surface area is 150 Å². The van der Waals surface area contributed by atoms with Gasteiger partial charge in [0.25, 0.3) is 0 Å². The second kappa shape index (κ2) is 8.32. The first kappa shape index (κ1) is 18.5. The summed E-state index contributed by atoms with van der Waals surface area (Å²) in [4.78, 5) is 12.7. The lowest BCUT2D eigenvalue weighted by molar-refractivity contribution is -0.124. The van der Waals surface area contributed by atoms with Crippen LogP contribution in [0.2, 0.25) is 0 Å². The highest BCUT2D eigenvalue weighted by Crippen LogP contribution is 2.26. The molecule has 2 atom stereocenters. The molecule has 3 rings (SSSR count). The van der Waals surface area contributed by atoms with Gasteiger partial charge in [0.2, 0.25) is 5.91 Å². The Morgan fingerprint density at radius 1 is 1.12 bits per heavy atom. The van der Waals surface area contributed by atoms with E-state index in [0.717, 1.165) is 31.4 Å². The number of carbonyl (C=O) groups is 1. The largest absolute Gasteiger partial charge is 0.345 e. The zero-order chi connectivity index (χ0) is 16.1. The minimum atomic E-state index is -0.413. The third kappa shape index (κ3) is 4.37. The summed E-state index contributed by atoms with van der Waals surface area (Å²) in [7, 11) is 0. The highest BCUT2D eigenvalue weighted by Gasteiger charge is 2.32. The van der Waals surface area contributed by atoms with E-state index >= 15 is 0 Å². The van der Waals surface area contributed by atoms with Crippen molar-refractivity contribution in [2.24, 2.45) is 0 Å². The normalized spacial score (nSPS) is 19.1. The highest BCUT2D eigenvalue weighted by atomic mass is 35.5. The van der Waals surface area contributed by atoms with Gasteiger partial charge in [-0.1, -0.05) is 60.7 Å². The van der Waals surface area contributed by atoms with Gasteiger partial charge >= 0.3 is 0 Å². The summed E-state index contributed by atoms with van der Waals surface area (Å²) in [5.41, 5.74) is 1.94. The average Bonchev–Trinajstić information content (AvgIpc) is 3.11. The van der Waals surface area contributed by atoms with E-state index < -0.39 is 5.54 Å². The molecule has 0 aliphatic carbocycles. The van der Waals surface area contributed by atoms with E-state index in [9.17, 15) is 4.79 Å². The van der Waals surface area contributed by atoms with Crippen LogP contribution < -0.4 is 10.6 Å². The van der Waals surface area contributed by atoms with Gasteiger partial charge in [-0.25, -0.2) is 0 Å². The van der Waals surface area contributed by atoms with Crippen molar-refractivity contribution in [3.63, 3.8) is 0 Å². The van der Waals surface area contributed by atoms with Crippen LogP contribution in [0.5, 0.6) is 0 Å². The molecular formula is C20H25ClN2O. The maximum Gasteiger partial charge on any atom is 0.237 e. The van der Waals surface area contributed by atoms with Crippen molar-refractivity contribution >= 4 is 18.3 Å². The standard InChI is InChI=1S/C20H24N2O.ClH/c1-20(17-11-6-3-7-12-17,15-16-9-4-2-5-10-16)22-19(23)18-13-8-14-21-18;/h2-7,9-12,18,21H,8,13-15H2,1H3,(H,22,23);1H/t18-,20?;/m0./s1. The summed E-state index contributed by atoms with van der Waals surface area (Å²) in [6.45, 7) is 3.04. The maximum atomic E-state index is 12.7. The first-order valence-corrected chi connectivity index (χ1v) is 8.32. The lowest BCUT2D eigenvalue weighted by Gasteiger charge is -2.33. The van der Waals surface area contributed by atoms with Gasteiger partial charge in [-0.2, -0.15) is 0 Å². The van der Waals surface area contributed by atoms with Crippen molar-refractivity contribution in [2.45, 2.75) is 37.8 Å². The van der Waals surface area contributed by atoms with Crippen molar-refractivity contribution < 1.29 is 4.79 Å². The van der Waals surface area contributed by atoms with Crippen molar-refractivity contribution in [3.8, 4) is 0 Å². The Kier molecular flexibility index (Phi) is 6.41. The van der Waals surface area contributed by atoms with Crippen LogP contribution in [0.1, 0.15) is 30.9 Å². The van der Waals surface area contributed by atoms with E-state index in [-0.39, 0.29) is 24.4 Å². The summed E-state index contributed by atoms with van der Waals surface area (Å²) >= 11 is 0. The van der Waals surface area contributed by atoms with Crippen molar-refractivity contribution in [1.29, 1.82) is 0 Å². The van der Waals surface area contributed by atoms with E-state index in [4.69, 9.17) is 0 Å². The van der Waals surface area contributed by atoms with Crippen LogP contribution in [-0.4, -0.2) is 18.5 Å². The molecule has 2 aromatic rings. The fraction of sp³-hybridized carbons (Fsp3) is 0.350. The van der Waals surface area contributed by atoms with Crippen molar-refractivity contribution in [3.05, 3.63) is 71.8 Å². The molecule has 1 unspecified atom stereocenters. The maximum absolute atomic E-state index is 12.7. The topological polar surface area (TPSA) is 41.1 Å². The van der Waals surface area contributed by atoms with Crippen LogP contribution in [0.15, 0.2) is 60.7 Å². The SMILES string of the molecule is CC(Cc1ccccc1)(NC(=O)[C@@H]1CCCN1)c1ccccc1.Cl. The molecule has 1 fully saturated rings. The minimum absolute atomic E-state index is 0. The number of benzene rings is 2. The van der Waals surface area contributed by atoms with E-state index in [0.29, 0.717) is 0 Å². The Hall–Kier alpha value is -1.84. The lowest BCUT2D eigenvalue weighted by atomic mass is 9.85. The van der Waals surface area contributed by atoms with Gasteiger partial charge in [0.15, 0.2) is 0 Å². The molecule has 0 spiro atoms. The number of carbonyl (C=O) groups excluding carboxylic acids is 1. The minimum Gasteiger partial charge on any atom is -0.345 e. The van der Waals surface area contributed by atoms with E-state index in [2.05, 4.69) is 41.8 Å². The Bertz CT molecular complexity index is 641. The lowest BCUT2D eigenvalue weighted by Crippen LogP contribution is -2.51. The van der Waals surface area contributed by atoms with E-state index in [1.54, 1.807) is 0 Å². The first-order valence-electron chi connectivity index (χ1n) is 8.32.